The average molecular weight is 877 g/mol. The van der Waals surface area contributed by atoms with Gasteiger partial charge in [0.1, 0.15) is 0 Å². The van der Waals surface area contributed by atoms with Gasteiger partial charge in [0.15, 0.2) is 0 Å². The minimum Gasteiger partial charge on any atom is -0.0833 e. The zero-order chi connectivity index (χ0) is 44.9. The van der Waals surface area contributed by atoms with E-state index in [1.54, 1.807) is 137 Å². The summed E-state index contributed by atoms with van der Waals surface area (Å²) in [6, 6.07) is 38.9. The van der Waals surface area contributed by atoms with E-state index in [0.717, 1.165) is 32.1 Å². The van der Waals surface area contributed by atoms with Gasteiger partial charge < -0.3 is 0 Å². The van der Waals surface area contributed by atoms with Crippen molar-refractivity contribution in [2.24, 2.45) is 11.8 Å². The molecular weight excluding hydrogens is 829 g/mol. The van der Waals surface area contributed by atoms with Crippen LogP contribution in [0.4, 0.5) is 0 Å². The van der Waals surface area contributed by atoms with Crippen LogP contribution < -0.4 is 10.4 Å². The normalized spacial score (nSPS) is 29.1. The number of benzene rings is 11. The first kappa shape index (κ1) is 35.4. The highest BCUT2D eigenvalue weighted by Crippen LogP contribution is 2.76. The standard InChI is InChI=1S/C69H48/c1-6-66-40-16-10-13-32-29-33-14-11-17-41-48(33)59(47(32)40)63-55-43(66)25-21-36-38-23-27-45-57-53(38)62-54-39(37-22-26-44(67(41,66)7-2)56(63)52(37)61(62)51(36)55)24-28-46-58(54)64(57)60-49-34-15-12-18-42(49)68(45,8-3)69(46,9-4)65-31(5)19-20-35(30-34)50(60)65/h10-12,14-32,65H,6-9,13H2,1-5H3. The number of rotatable bonds is 4. The molecule has 11 aliphatic carbocycles. The van der Waals surface area contributed by atoms with Gasteiger partial charge in [0.25, 0.3) is 0 Å². The SMILES string of the molecule is CCC12C3=C4C5=c6c(cccc6=CC4CC=C3)C1(CC)c1ccc3c4ccc6c7c8c9c(ccc%10c%11ccc2c2c5c1c3c(c2%11)c(c9%10)c74)C1(CC)c2cccc3cc4c(c-8c23)C(C(C)C=C4)C61CC. The van der Waals surface area contributed by atoms with Crippen molar-refractivity contribution in [2.45, 2.75) is 94.3 Å². The van der Waals surface area contributed by atoms with Crippen molar-refractivity contribution in [3.63, 3.8) is 0 Å². The molecule has 324 valence electrons. The summed E-state index contributed by atoms with van der Waals surface area (Å²) in [5.41, 5.74) is 21.3. The molecule has 0 saturated heterocycles. The van der Waals surface area contributed by atoms with Gasteiger partial charge >= 0.3 is 0 Å². The Bertz CT molecular complexity index is 4770. The molecule has 11 aliphatic rings. The van der Waals surface area contributed by atoms with Crippen molar-refractivity contribution < 1.29 is 0 Å². The van der Waals surface area contributed by atoms with Gasteiger partial charge in [0.2, 0.25) is 0 Å². The summed E-state index contributed by atoms with van der Waals surface area (Å²) in [5, 5.41) is 27.4. The summed E-state index contributed by atoms with van der Waals surface area (Å²) in [7, 11) is 0. The van der Waals surface area contributed by atoms with Crippen LogP contribution in [0.1, 0.15) is 123 Å². The second-order valence-corrected chi connectivity index (χ2v) is 23.5. The van der Waals surface area contributed by atoms with Crippen LogP contribution in [0.15, 0.2) is 120 Å². The van der Waals surface area contributed by atoms with Gasteiger partial charge in [0.05, 0.1) is 0 Å². The molecule has 11 aromatic carbocycles. The first-order valence-corrected chi connectivity index (χ1v) is 26.7. The minimum atomic E-state index is -0.259. The van der Waals surface area contributed by atoms with E-state index in [4.69, 9.17) is 0 Å². The third kappa shape index (κ3) is 2.86. The maximum Gasteiger partial charge on any atom is 0.0350 e. The fraction of sp³-hybridized carbons (Fsp3) is 0.246. The predicted molar refractivity (Wildman–Crippen MR) is 289 cm³/mol. The van der Waals surface area contributed by atoms with Crippen molar-refractivity contribution in [1.82, 2.24) is 0 Å². The molecule has 0 aromatic heterocycles. The number of fused-ring (bicyclic) bond motifs is 2. The third-order valence-electron chi connectivity index (χ3n) is 22.5. The molecule has 0 amide bonds. The molecule has 0 aliphatic heterocycles. The Kier molecular flexibility index (Phi) is 5.25. The molecule has 0 fully saturated rings. The Morgan fingerprint density at radius 1 is 0.507 bits per heavy atom. The Labute approximate surface area is 400 Å². The third-order valence-corrected chi connectivity index (χ3v) is 22.5. The van der Waals surface area contributed by atoms with E-state index >= 15 is 0 Å². The highest BCUT2D eigenvalue weighted by atomic mass is 14.7. The minimum absolute atomic E-state index is 0.174. The molecule has 0 radical (unpaired) electrons. The van der Waals surface area contributed by atoms with E-state index in [1.165, 1.54) is 37.7 Å². The molecule has 0 spiro atoms. The van der Waals surface area contributed by atoms with Crippen molar-refractivity contribution in [3.05, 3.63) is 181 Å². The van der Waals surface area contributed by atoms with Crippen LogP contribution in [0.2, 0.25) is 0 Å². The van der Waals surface area contributed by atoms with Gasteiger partial charge in [-0.05, 0) is 219 Å². The molecule has 16 bridgehead atoms. The Balaban J connectivity index is 1.14. The topological polar surface area (TPSA) is 0 Å². The molecule has 7 atom stereocenters. The first-order valence-electron chi connectivity index (χ1n) is 26.7. The lowest BCUT2D eigenvalue weighted by molar-refractivity contribution is 0.172. The van der Waals surface area contributed by atoms with Gasteiger partial charge in [0, 0.05) is 33.5 Å². The van der Waals surface area contributed by atoms with E-state index < -0.39 is 0 Å². The smallest absolute Gasteiger partial charge is 0.0350 e. The zero-order valence-electron chi connectivity index (χ0n) is 39.8. The van der Waals surface area contributed by atoms with Crippen molar-refractivity contribution in [2.75, 3.05) is 0 Å². The van der Waals surface area contributed by atoms with Crippen molar-refractivity contribution >= 4 is 104 Å². The fourth-order valence-corrected chi connectivity index (χ4v) is 21.0. The quantitative estimate of drug-likeness (QED) is 0.122. The summed E-state index contributed by atoms with van der Waals surface area (Å²) in [4.78, 5) is 0. The highest BCUT2D eigenvalue weighted by Gasteiger charge is 2.66. The average Bonchev–Trinajstić information content (AvgIpc) is 3.85. The molecule has 11 aromatic rings. The van der Waals surface area contributed by atoms with E-state index in [1.807, 2.05) is 0 Å². The van der Waals surface area contributed by atoms with Gasteiger partial charge in [-0.15, -0.1) is 0 Å². The molecule has 0 heteroatoms. The van der Waals surface area contributed by atoms with Crippen LogP contribution in [0.25, 0.3) is 115 Å². The highest BCUT2D eigenvalue weighted by molar-refractivity contribution is 6.52. The van der Waals surface area contributed by atoms with E-state index in [2.05, 4.69) is 156 Å². The predicted octanol–water partition coefficient (Wildman–Crippen LogP) is 15.9. The fourth-order valence-electron chi connectivity index (χ4n) is 21.0. The Morgan fingerprint density at radius 2 is 1.10 bits per heavy atom. The lowest BCUT2D eigenvalue weighted by Crippen LogP contribution is -2.54. The lowest BCUT2D eigenvalue weighted by Gasteiger charge is -2.56. The van der Waals surface area contributed by atoms with Crippen LogP contribution in [0.3, 0.4) is 0 Å². The lowest BCUT2D eigenvalue weighted by atomic mass is 9.45. The summed E-state index contributed by atoms with van der Waals surface area (Å²) >= 11 is 0. The second-order valence-electron chi connectivity index (χ2n) is 23.5. The summed E-state index contributed by atoms with van der Waals surface area (Å²) in [6.07, 6.45) is 18.3. The number of allylic oxidation sites excluding steroid dienone is 5. The molecule has 22 rings (SSSR count). The van der Waals surface area contributed by atoms with E-state index in [9.17, 15) is 0 Å². The molecule has 0 N–H and O–H groups in total. The summed E-state index contributed by atoms with van der Waals surface area (Å²) < 4.78 is 0. The van der Waals surface area contributed by atoms with Gasteiger partial charge in [-0.2, -0.15) is 0 Å². The number of hydrogen-bond donors (Lipinski definition) is 0. The van der Waals surface area contributed by atoms with Crippen LogP contribution in [-0.2, 0) is 21.7 Å². The zero-order valence-corrected chi connectivity index (χ0v) is 39.8. The molecule has 0 saturated carbocycles. The maximum absolute atomic E-state index is 2.73. The Morgan fingerprint density at radius 3 is 1.78 bits per heavy atom. The molecule has 0 heterocycles. The molecule has 69 heavy (non-hydrogen) atoms. The van der Waals surface area contributed by atoms with Crippen molar-refractivity contribution in [1.29, 1.82) is 0 Å². The summed E-state index contributed by atoms with van der Waals surface area (Å²) in [6.45, 7) is 12.8. The van der Waals surface area contributed by atoms with Crippen LogP contribution in [0.5, 0.6) is 0 Å². The first-order chi connectivity index (χ1) is 34.0. The molecule has 0 nitrogen and oxygen atoms in total. The largest absolute Gasteiger partial charge is 0.0833 e. The molecule has 7 unspecified atom stereocenters. The monoisotopic (exact) mass is 876 g/mol. The second kappa shape index (κ2) is 10.3. The molecular formula is C69H48. The van der Waals surface area contributed by atoms with Crippen LogP contribution in [-0.4, -0.2) is 0 Å². The summed E-state index contributed by atoms with van der Waals surface area (Å²) in [5.74, 6) is 1.15. The maximum atomic E-state index is 2.73. The van der Waals surface area contributed by atoms with E-state index in [0.29, 0.717) is 17.8 Å². The van der Waals surface area contributed by atoms with Crippen molar-refractivity contribution in [3.8, 4) is 11.1 Å². The number of hydrogen-bond acceptors (Lipinski definition) is 0. The van der Waals surface area contributed by atoms with Crippen LogP contribution in [0, 0.1) is 11.8 Å². The van der Waals surface area contributed by atoms with Gasteiger partial charge in [-0.3, -0.25) is 0 Å². The van der Waals surface area contributed by atoms with E-state index in [-0.39, 0.29) is 21.7 Å². The Hall–Kier alpha value is -6.76. The van der Waals surface area contributed by atoms with Crippen LogP contribution >= 0.6 is 0 Å². The van der Waals surface area contributed by atoms with Gasteiger partial charge in [-0.25, -0.2) is 0 Å². The van der Waals surface area contributed by atoms with Gasteiger partial charge in [-0.1, -0.05) is 150 Å².